The van der Waals surface area contributed by atoms with E-state index >= 15 is 0 Å². The van der Waals surface area contributed by atoms with Crippen molar-refractivity contribution in [1.29, 1.82) is 0 Å². The van der Waals surface area contributed by atoms with E-state index in [0.29, 0.717) is 35.1 Å². The fourth-order valence-electron chi connectivity index (χ4n) is 2.83. The minimum absolute atomic E-state index is 0.188. The van der Waals surface area contributed by atoms with Gasteiger partial charge in [-0.1, -0.05) is 18.7 Å². The minimum Gasteiger partial charge on any atom is -0.497 e. The van der Waals surface area contributed by atoms with Gasteiger partial charge in [-0.3, -0.25) is 14.9 Å². The van der Waals surface area contributed by atoms with Crippen molar-refractivity contribution >= 4 is 29.6 Å². The van der Waals surface area contributed by atoms with E-state index in [1.807, 2.05) is 0 Å². The molecule has 1 aliphatic rings. The van der Waals surface area contributed by atoms with Crippen LogP contribution in [0.3, 0.4) is 0 Å². The van der Waals surface area contributed by atoms with E-state index in [9.17, 15) is 14.4 Å². The molecule has 0 unspecified atom stereocenters. The SMILES string of the molecule is C=CCOc1ccc(/C=C2/C(=O)NC(=O)N(c3ccc(OC)cc3)C2=O)cc1OC. The van der Waals surface area contributed by atoms with Crippen molar-refractivity contribution in [3.63, 3.8) is 0 Å². The number of nitrogens with one attached hydrogen (secondary N) is 1. The van der Waals surface area contributed by atoms with Crippen molar-refractivity contribution < 1.29 is 28.6 Å². The van der Waals surface area contributed by atoms with Crippen LogP contribution in [0.15, 0.2) is 60.7 Å². The molecule has 0 saturated carbocycles. The van der Waals surface area contributed by atoms with Gasteiger partial charge < -0.3 is 14.2 Å². The molecule has 1 N–H and O–H groups in total. The third-order valence-corrected chi connectivity index (χ3v) is 4.29. The smallest absolute Gasteiger partial charge is 0.335 e. The first-order chi connectivity index (χ1) is 14.5. The largest absolute Gasteiger partial charge is 0.497 e. The highest BCUT2D eigenvalue weighted by molar-refractivity contribution is 6.39. The second-order valence-corrected chi connectivity index (χ2v) is 6.17. The molecule has 1 saturated heterocycles. The minimum atomic E-state index is -0.821. The summed E-state index contributed by atoms with van der Waals surface area (Å²) in [4.78, 5) is 38.4. The number of benzene rings is 2. The van der Waals surface area contributed by atoms with Gasteiger partial charge in [-0.2, -0.15) is 0 Å². The van der Waals surface area contributed by atoms with E-state index in [0.717, 1.165) is 4.90 Å². The summed E-state index contributed by atoms with van der Waals surface area (Å²) in [6, 6.07) is 10.5. The molecule has 2 aromatic rings. The van der Waals surface area contributed by atoms with Crippen LogP contribution in [0.1, 0.15) is 5.56 Å². The zero-order valence-electron chi connectivity index (χ0n) is 16.5. The second-order valence-electron chi connectivity index (χ2n) is 6.17. The highest BCUT2D eigenvalue weighted by atomic mass is 16.5. The Hall–Kier alpha value is -4.07. The van der Waals surface area contributed by atoms with Gasteiger partial charge in [0.05, 0.1) is 19.9 Å². The summed E-state index contributed by atoms with van der Waals surface area (Å²) in [6.45, 7) is 3.90. The van der Waals surface area contributed by atoms with Crippen LogP contribution < -0.4 is 24.4 Å². The second kappa shape index (κ2) is 8.95. The highest BCUT2D eigenvalue weighted by Gasteiger charge is 2.36. The number of barbiturate groups is 1. The van der Waals surface area contributed by atoms with Crippen molar-refractivity contribution in [3.05, 3.63) is 66.3 Å². The molecule has 8 heteroatoms. The van der Waals surface area contributed by atoms with Crippen molar-refractivity contribution in [2.75, 3.05) is 25.7 Å². The lowest BCUT2D eigenvalue weighted by Gasteiger charge is -2.26. The quantitative estimate of drug-likeness (QED) is 0.430. The lowest BCUT2D eigenvalue weighted by Crippen LogP contribution is -2.54. The topological polar surface area (TPSA) is 94.2 Å². The Morgan fingerprint density at radius 1 is 1.00 bits per heavy atom. The zero-order chi connectivity index (χ0) is 21.7. The molecule has 1 heterocycles. The number of carbonyl (C=O) groups excluding carboxylic acids is 3. The Morgan fingerprint density at radius 3 is 2.37 bits per heavy atom. The number of methoxy groups -OCH3 is 2. The number of imide groups is 2. The molecule has 0 radical (unpaired) electrons. The lowest BCUT2D eigenvalue weighted by molar-refractivity contribution is -0.122. The molecule has 2 aromatic carbocycles. The van der Waals surface area contributed by atoms with Crippen LogP contribution in [-0.4, -0.2) is 38.7 Å². The summed E-state index contributed by atoms with van der Waals surface area (Å²) < 4.78 is 15.9. The number of carbonyl (C=O) groups is 3. The van der Waals surface area contributed by atoms with Gasteiger partial charge >= 0.3 is 6.03 Å². The Bertz CT molecular complexity index is 1030. The molecule has 1 aliphatic heterocycles. The highest BCUT2D eigenvalue weighted by Crippen LogP contribution is 2.30. The third-order valence-electron chi connectivity index (χ3n) is 4.29. The van der Waals surface area contributed by atoms with Crippen LogP contribution in [0.5, 0.6) is 17.2 Å². The van der Waals surface area contributed by atoms with Crippen LogP contribution in [0, 0.1) is 0 Å². The molecule has 3 rings (SSSR count). The Balaban J connectivity index is 1.94. The molecule has 1 fully saturated rings. The molecule has 4 amide bonds. The van der Waals surface area contributed by atoms with Gasteiger partial charge in [0.15, 0.2) is 11.5 Å². The van der Waals surface area contributed by atoms with Crippen LogP contribution in [-0.2, 0) is 9.59 Å². The molecule has 0 spiro atoms. The monoisotopic (exact) mass is 408 g/mol. The van der Waals surface area contributed by atoms with E-state index in [1.165, 1.54) is 20.3 Å². The maximum Gasteiger partial charge on any atom is 0.335 e. The first kappa shape index (κ1) is 20.7. The summed E-state index contributed by atoms with van der Waals surface area (Å²) in [6.07, 6.45) is 2.99. The molecule has 30 heavy (non-hydrogen) atoms. The fourth-order valence-corrected chi connectivity index (χ4v) is 2.83. The predicted molar refractivity (Wildman–Crippen MR) is 111 cm³/mol. The van der Waals surface area contributed by atoms with Gasteiger partial charge in [-0.25, -0.2) is 9.69 Å². The van der Waals surface area contributed by atoms with Crippen LogP contribution in [0.4, 0.5) is 10.5 Å². The van der Waals surface area contributed by atoms with Crippen molar-refractivity contribution in [3.8, 4) is 17.2 Å². The molecule has 8 nitrogen and oxygen atoms in total. The Kier molecular flexibility index (Phi) is 6.17. The first-order valence-corrected chi connectivity index (χ1v) is 8.95. The molecule has 0 aromatic heterocycles. The third kappa shape index (κ3) is 4.17. The average Bonchev–Trinajstić information content (AvgIpc) is 2.75. The maximum absolute atomic E-state index is 12.9. The van der Waals surface area contributed by atoms with E-state index in [2.05, 4.69) is 11.9 Å². The fraction of sp³-hybridized carbons (Fsp3) is 0.136. The van der Waals surface area contributed by atoms with Gasteiger partial charge in [-0.05, 0) is 48.0 Å². The molecular formula is C22H20N2O6. The van der Waals surface area contributed by atoms with Gasteiger partial charge in [0.2, 0.25) is 0 Å². The van der Waals surface area contributed by atoms with Gasteiger partial charge in [0, 0.05) is 0 Å². The summed E-state index contributed by atoms with van der Waals surface area (Å²) in [5, 5.41) is 2.19. The van der Waals surface area contributed by atoms with Crippen LogP contribution in [0.25, 0.3) is 6.08 Å². The first-order valence-electron chi connectivity index (χ1n) is 8.95. The number of anilines is 1. The molecule has 0 atom stereocenters. The predicted octanol–water partition coefficient (Wildman–Crippen LogP) is 2.94. The van der Waals surface area contributed by atoms with Crippen molar-refractivity contribution in [2.45, 2.75) is 0 Å². The average molecular weight is 408 g/mol. The van der Waals surface area contributed by atoms with Crippen LogP contribution >= 0.6 is 0 Å². The Morgan fingerprint density at radius 2 is 1.73 bits per heavy atom. The summed E-state index contributed by atoms with van der Waals surface area (Å²) in [5.74, 6) is -0.0196. The van der Waals surface area contributed by atoms with E-state index in [1.54, 1.807) is 48.5 Å². The molecule has 154 valence electrons. The molecular weight excluding hydrogens is 388 g/mol. The number of nitrogens with zero attached hydrogens (tertiary/aromatic N) is 1. The van der Waals surface area contributed by atoms with Crippen LogP contribution in [0.2, 0.25) is 0 Å². The van der Waals surface area contributed by atoms with Gasteiger partial charge in [0.1, 0.15) is 17.9 Å². The van der Waals surface area contributed by atoms with Gasteiger partial charge in [0.25, 0.3) is 11.8 Å². The molecule has 0 aliphatic carbocycles. The molecule has 0 bridgehead atoms. The number of ether oxygens (including phenoxy) is 3. The number of amides is 4. The van der Waals surface area contributed by atoms with E-state index in [4.69, 9.17) is 14.2 Å². The number of hydrogen-bond donors (Lipinski definition) is 1. The zero-order valence-corrected chi connectivity index (χ0v) is 16.5. The van der Waals surface area contributed by atoms with Crippen molar-refractivity contribution in [1.82, 2.24) is 5.32 Å². The van der Waals surface area contributed by atoms with Crippen molar-refractivity contribution in [2.24, 2.45) is 0 Å². The maximum atomic E-state index is 12.9. The summed E-state index contributed by atoms with van der Waals surface area (Å²) in [7, 11) is 2.99. The van der Waals surface area contributed by atoms with Gasteiger partial charge in [-0.15, -0.1) is 0 Å². The number of urea groups is 1. The lowest BCUT2D eigenvalue weighted by atomic mass is 10.1. The number of hydrogen-bond acceptors (Lipinski definition) is 6. The number of rotatable bonds is 7. The van der Waals surface area contributed by atoms with E-state index < -0.39 is 17.8 Å². The standard InChI is InChI=1S/C22H20N2O6/c1-4-11-30-18-10-5-14(13-19(18)29-3)12-17-20(25)23-22(27)24(21(17)26)15-6-8-16(28-2)9-7-15/h4-10,12-13H,1,11H2,2-3H3,(H,23,25,27)/b17-12-. The summed E-state index contributed by atoms with van der Waals surface area (Å²) in [5.41, 5.74) is 0.648. The normalized spacial score (nSPS) is 15.1. The summed E-state index contributed by atoms with van der Waals surface area (Å²) >= 11 is 0. The van der Waals surface area contributed by atoms with E-state index in [-0.39, 0.29) is 5.57 Å². The Labute approximate surface area is 173 Å².